The van der Waals surface area contributed by atoms with E-state index in [1.54, 1.807) is 4.90 Å². The van der Waals surface area contributed by atoms with Crippen molar-refractivity contribution in [1.29, 1.82) is 0 Å². The van der Waals surface area contributed by atoms with Crippen molar-refractivity contribution in [2.75, 3.05) is 18.5 Å². The van der Waals surface area contributed by atoms with Gasteiger partial charge in [-0.3, -0.25) is 9.59 Å². The Hall–Kier alpha value is -2.34. The normalized spacial score (nSPS) is 17.2. The molecule has 1 aliphatic heterocycles. The van der Waals surface area contributed by atoms with Gasteiger partial charge < -0.3 is 15.0 Å². The molecule has 1 aromatic heterocycles. The summed E-state index contributed by atoms with van der Waals surface area (Å²) in [7, 11) is 0. The molecule has 1 saturated heterocycles. The summed E-state index contributed by atoms with van der Waals surface area (Å²) < 4.78 is 5.41. The number of carbonyl (C=O) groups is 2. The predicted octanol–water partition coefficient (Wildman–Crippen LogP) is 3.78. The highest BCUT2D eigenvalue weighted by atomic mass is 32.1. The monoisotopic (exact) mass is 358 g/mol. The minimum atomic E-state index is -0.421. The molecule has 6 heteroatoms. The molecule has 2 heterocycles. The molecule has 1 N–H and O–H groups in total. The van der Waals surface area contributed by atoms with Gasteiger partial charge in [0, 0.05) is 12.2 Å². The van der Waals surface area contributed by atoms with Crippen molar-refractivity contribution < 1.29 is 14.3 Å². The summed E-state index contributed by atoms with van der Waals surface area (Å²) in [4.78, 5) is 27.8. The highest BCUT2D eigenvalue weighted by molar-refractivity contribution is 7.12. The van der Waals surface area contributed by atoms with Crippen LogP contribution in [0, 0.1) is 0 Å². The maximum Gasteiger partial charge on any atom is 0.264 e. The van der Waals surface area contributed by atoms with Crippen molar-refractivity contribution >= 4 is 28.8 Å². The molecule has 0 unspecified atom stereocenters. The Kier molecular flexibility index (Phi) is 5.71. The molecule has 1 atom stereocenters. The lowest BCUT2D eigenvalue weighted by atomic mass is 10.0. The molecule has 0 spiro atoms. The van der Waals surface area contributed by atoms with Crippen LogP contribution in [0.25, 0.3) is 0 Å². The number of anilines is 1. The lowest BCUT2D eigenvalue weighted by Crippen LogP contribution is -2.49. The SMILES string of the molecule is CCOc1ccc(NC(=O)[C@H]2CCCCN2C(=O)c2cccs2)cc1. The lowest BCUT2D eigenvalue weighted by molar-refractivity contribution is -0.121. The number of nitrogens with one attached hydrogen (secondary N) is 1. The van der Waals surface area contributed by atoms with Crippen molar-refractivity contribution in [2.24, 2.45) is 0 Å². The van der Waals surface area contributed by atoms with Crippen LogP contribution in [0.15, 0.2) is 41.8 Å². The van der Waals surface area contributed by atoms with Crippen LogP contribution in [0.5, 0.6) is 5.75 Å². The Morgan fingerprint density at radius 2 is 2.04 bits per heavy atom. The van der Waals surface area contributed by atoms with Gasteiger partial charge in [0.1, 0.15) is 11.8 Å². The summed E-state index contributed by atoms with van der Waals surface area (Å²) in [5.74, 6) is 0.586. The Morgan fingerprint density at radius 1 is 1.24 bits per heavy atom. The fourth-order valence-electron chi connectivity index (χ4n) is 3.02. The summed E-state index contributed by atoms with van der Waals surface area (Å²) in [6, 6.07) is 10.5. The fourth-order valence-corrected chi connectivity index (χ4v) is 3.69. The van der Waals surface area contributed by atoms with Crippen LogP contribution in [0.4, 0.5) is 5.69 Å². The van der Waals surface area contributed by atoms with Crippen molar-refractivity contribution in [3.63, 3.8) is 0 Å². The van der Waals surface area contributed by atoms with Gasteiger partial charge in [-0.25, -0.2) is 0 Å². The maximum atomic E-state index is 12.7. The van der Waals surface area contributed by atoms with Crippen molar-refractivity contribution in [3.8, 4) is 5.75 Å². The first-order valence-electron chi connectivity index (χ1n) is 8.57. The van der Waals surface area contributed by atoms with E-state index in [4.69, 9.17) is 4.74 Å². The molecule has 5 nitrogen and oxygen atoms in total. The number of hydrogen-bond acceptors (Lipinski definition) is 4. The number of ether oxygens (including phenoxy) is 1. The van der Waals surface area contributed by atoms with E-state index in [-0.39, 0.29) is 11.8 Å². The van der Waals surface area contributed by atoms with Crippen molar-refractivity contribution in [2.45, 2.75) is 32.2 Å². The predicted molar refractivity (Wildman–Crippen MR) is 99.2 cm³/mol. The summed E-state index contributed by atoms with van der Waals surface area (Å²) in [6.07, 6.45) is 2.58. The van der Waals surface area contributed by atoms with Crippen LogP contribution >= 0.6 is 11.3 Å². The van der Waals surface area contributed by atoms with Crippen LogP contribution in [0.1, 0.15) is 35.9 Å². The van der Waals surface area contributed by atoms with E-state index in [1.807, 2.05) is 48.7 Å². The molecule has 1 aromatic carbocycles. The minimum Gasteiger partial charge on any atom is -0.494 e. The maximum absolute atomic E-state index is 12.7. The van der Waals surface area contributed by atoms with Gasteiger partial charge in [-0.15, -0.1) is 11.3 Å². The molecule has 0 saturated carbocycles. The van der Waals surface area contributed by atoms with Gasteiger partial charge in [-0.1, -0.05) is 6.07 Å². The van der Waals surface area contributed by atoms with Crippen molar-refractivity contribution in [3.05, 3.63) is 46.7 Å². The van der Waals surface area contributed by atoms with E-state index in [2.05, 4.69) is 5.32 Å². The number of piperidine rings is 1. The second-order valence-electron chi connectivity index (χ2n) is 5.93. The Bertz CT molecular complexity index is 713. The summed E-state index contributed by atoms with van der Waals surface area (Å²) in [5, 5.41) is 4.81. The zero-order valence-electron chi connectivity index (χ0n) is 14.2. The lowest BCUT2D eigenvalue weighted by Gasteiger charge is -2.34. The number of nitrogens with zero attached hydrogens (tertiary/aromatic N) is 1. The van der Waals surface area contributed by atoms with E-state index in [0.717, 1.165) is 18.6 Å². The summed E-state index contributed by atoms with van der Waals surface area (Å²) in [5.41, 5.74) is 0.711. The van der Waals surface area contributed by atoms with Gasteiger partial charge in [0.05, 0.1) is 11.5 Å². The largest absolute Gasteiger partial charge is 0.494 e. The number of carbonyl (C=O) groups excluding carboxylic acids is 2. The molecule has 0 bridgehead atoms. The van der Waals surface area contributed by atoms with Crippen LogP contribution in [0.2, 0.25) is 0 Å². The fraction of sp³-hybridized carbons (Fsp3) is 0.368. The van der Waals surface area contributed by atoms with Crippen LogP contribution in [-0.4, -0.2) is 35.9 Å². The average Bonchev–Trinajstić information content (AvgIpc) is 3.17. The topological polar surface area (TPSA) is 58.6 Å². The molecule has 3 rings (SSSR count). The number of benzene rings is 1. The van der Waals surface area contributed by atoms with E-state index in [1.165, 1.54) is 11.3 Å². The van der Waals surface area contributed by atoms with E-state index in [0.29, 0.717) is 30.1 Å². The highest BCUT2D eigenvalue weighted by Gasteiger charge is 2.33. The zero-order chi connectivity index (χ0) is 17.6. The molecule has 2 aromatic rings. The molecule has 2 amide bonds. The van der Waals surface area contributed by atoms with Crippen LogP contribution in [-0.2, 0) is 4.79 Å². The third kappa shape index (κ3) is 4.20. The first-order chi connectivity index (χ1) is 12.2. The number of amides is 2. The van der Waals surface area contributed by atoms with Gasteiger partial charge in [0.2, 0.25) is 5.91 Å². The number of hydrogen-bond donors (Lipinski definition) is 1. The van der Waals surface area contributed by atoms with Gasteiger partial charge in [-0.2, -0.15) is 0 Å². The number of rotatable bonds is 5. The Balaban J connectivity index is 1.69. The quantitative estimate of drug-likeness (QED) is 0.885. The number of thiophene rings is 1. The molecule has 0 radical (unpaired) electrons. The van der Waals surface area contributed by atoms with Gasteiger partial charge >= 0.3 is 0 Å². The van der Waals surface area contributed by atoms with Crippen LogP contribution in [0.3, 0.4) is 0 Å². The van der Waals surface area contributed by atoms with E-state index < -0.39 is 6.04 Å². The molecular weight excluding hydrogens is 336 g/mol. The van der Waals surface area contributed by atoms with Crippen molar-refractivity contribution in [1.82, 2.24) is 4.90 Å². The van der Waals surface area contributed by atoms with E-state index >= 15 is 0 Å². The smallest absolute Gasteiger partial charge is 0.264 e. The summed E-state index contributed by atoms with van der Waals surface area (Å²) in [6.45, 7) is 3.16. The first kappa shape index (κ1) is 17.5. The first-order valence-corrected chi connectivity index (χ1v) is 9.45. The van der Waals surface area contributed by atoms with Crippen LogP contribution < -0.4 is 10.1 Å². The number of likely N-dealkylation sites (tertiary alicyclic amines) is 1. The second-order valence-corrected chi connectivity index (χ2v) is 6.88. The highest BCUT2D eigenvalue weighted by Crippen LogP contribution is 2.23. The Labute approximate surface area is 151 Å². The second kappa shape index (κ2) is 8.16. The molecule has 25 heavy (non-hydrogen) atoms. The zero-order valence-corrected chi connectivity index (χ0v) is 15.1. The molecular formula is C19H22N2O3S. The molecule has 1 fully saturated rings. The standard InChI is InChI=1S/C19H22N2O3S/c1-2-24-15-10-8-14(9-11-15)20-18(22)16-6-3-4-12-21(16)19(23)17-7-5-13-25-17/h5,7-11,13,16H,2-4,6,12H2,1H3,(H,20,22)/t16-/m1/s1. The van der Waals surface area contributed by atoms with Gasteiger partial charge in [-0.05, 0) is 61.9 Å². The average molecular weight is 358 g/mol. The third-order valence-electron chi connectivity index (χ3n) is 4.23. The minimum absolute atomic E-state index is 0.0541. The molecule has 1 aliphatic rings. The molecule has 132 valence electrons. The third-order valence-corrected chi connectivity index (χ3v) is 5.09. The van der Waals surface area contributed by atoms with E-state index in [9.17, 15) is 9.59 Å². The summed E-state index contributed by atoms with van der Waals surface area (Å²) >= 11 is 1.41. The van der Waals surface area contributed by atoms with Gasteiger partial charge in [0.25, 0.3) is 5.91 Å². The van der Waals surface area contributed by atoms with Gasteiger partial charge in [0.15, 0.2) is 0 Å². The Morgan fingerprint density at radius 3 is 2.72 bits per heavy atom. The molecule has 0 aliphatic carbocycles.